The zero-order chi connectivity index (χ0) is 25.5. The summed E-state index contributed by atoms with van der Waals surface area (Å²) in [5.41, 5.74) is 4.91. The van der Waals surface area contributed by atoms with Crippen molar-refractivity contribution in [2.75, 3.05) is 0 Å². The summed E-state index contributed by atoms with van der Waals surface area (Å²) in [6, 6.07) is 17.0. The fraction of sp³-hybridized carbons (Fsp3) is 0.588. The van der Waals surface area contributed by atoms with Crippen LogP contribution in [0.1, 0.15) is 121 Å². The monoisotopic (exact) mass is 476 g/mol. The minimum absolute atomic E-state index is 0.0820. The third kappa shape index (κ3) is 8.06. The molecular formula is C34H49F. The van der Waals surface area contributed by atoms with Gasteiger partial charge in [-0.25, -0.2) is 4.39 Å². The predicted octanol–water partition coefficient (Wildman–Crippen LogP) is 10.8. The number of hydrogen-bond acceptors (Lipinski definition) is 0. The molecule has 0 amide bonds. The van der Waals surface area contributed by atoms with Crippen LogP contribution in [0.5, 0.6) is 0 Å². The summed E-state index contributed by atoms with van der Waals surface area (Å²) < 4.78 is 14.8. The van der Waals surface area contributed by atoms with Crippen molar-refractivity contribution in [3.05, 3.63) is 77.6 Å². The molecule has 1 saturated carbocycles. The third-order valence-corrected chi connectivity index (χ3v) is 8.13. The van der Waals surface area contributed by atoms with E-state index in [1.54, 1.807) is 6.07 Å². The highest BCUT2D eigenvalue weighted by atomic mass is 19.1. The Hall–Kier alpha value is -1.89. The van der Waals surface area contributed by atoms with E-state index in [2.05, 4.69) is 77.6 Å². The van der Waals surface area contributed by atoms with Crippen molar-refractivity contribution in [3.63, 3.8) is 0 Å². The molecule has 0 saturated heterocycles. The van der Waals surface area contributed by atoms with Gasteiger partial charge in [0.05, 0.1) is 0 Å². The minimum Gasteiger partial charge on any atom is -0.207 e. The zero-order valence-corrected chi connectivity index (χ0v) is 23.1. The van der Waals surface area contributed by atoms with Crippen molar-refractivity contribution < 1.29 is 4.39 Å². The highest BCUT2D eigenvalue weighted by Gasteiger charge is 2.39. The van der Waals surface area contributed by atoms with E-state index in [0.29, 0.717) is 11.3 Å². The van der Waals surface area contributed by atoms with Crippen LogP contribution in [0.4, 0.5) is 4.39 Å². The number of hydrogen-bond donors (Lipinski definition) is 0. The SMILES string of the molecule is C=C(CCCC1(CCC)CC(CCC)CC(c2ccccc2)C1)c1ccc(CC(C)(C)C)c(F)c1. The van der Waals surface area contributed by atoms with Gasteiger partial charge < -0.3 is 0 Å². The Labute approximate surface area is 215 Å². The van der Waals surface area contributed by atoms with E-state index >= 15 is 0 Å². The second kappa shape index (κ2) is 12.4. The van der Waals surface area contributed by atoms with Crippen molar-refractivity contribution in [1.82, 2.24) is 0 Å². The third-order valence-electron chi connectivity index (χ3n) is 8.13. The van der Waals surface area contributed by atoms with Gasteiger partial charge in [-0.05, 0) is 102 Å². The van der Waals surface area contributed by atoms with Crippen LogP contribution in [0.25, 0.3) is 5.57 Å². The average molecular weight is 477 g/mol. The normalized spacial score (nSPS) is 22.8. The summed E-state index contributed by atoms with van der Waals surface area (Å²) in [5.74, 6) is 1.43. The Bertz CT molecular complexity index is 935. The van der Waals surface area contributed by atoms with Gasteiger partial charge in [0.1, 0.15) is 5.82 Å². The highest BCUT2D eigenvalue weighted by Crippen LogP contribution is 2.53. The molecule has 0 spiro atoms. The van der Waals surface area contributed by atoms with E-state index in [9.17, 15) is 4.39 Å². The largest absolute Gasteiger partial charge is 0.207 e. The van der Waals surface area contributed by atoms with Crippen molar-refractivity contribution in [2.24, 2.45) is 16.7 Å². The Morgan fingerprint density at radius 1 is 1.00 bits per heavy atom. The van der Waals surface area contributed by atoms with Gasteiger partial charge in [0, 0.05) is 0 Å². The van der Waals surface area contributed by atoms with Crippen LogP contribution in [0.2, 0.25) is 0 Å². The molecule has 1 aliphatic carbocycles. The summed E-state index contributed by atoms with van der Waals surface area (Å²) in [6.45, 7) is 15.5. The average Bonchev–Trinajstić information content (AvgIpc) is 2.80. The molecule has 0 aliphatic heterocycles. The molecule has 1 heteroatoms. The smallest absolute Gasteiger partial charge is 0.127 e. The first kappa shape index (κ1) is 27.7. The molecule has 0 heterocycles. The molecule has 0 radical (unpaired) electrons. The molecule has 0 nitrogen and oxygen atoms in total. The Morgan fingerprint density at radius 3 is 2.37 bits per heavy atom. The molecule has 3 rings (SSSR count). The van der Waals surface area contributed by atoms with Gasteiger partial charge in [0.15, 0.2) is 0 Å². The molecule has 0 aromatic heterocycles. The lowest BCUT2D eigenvalue weighted by Gasteiger charge is -2.45. The number of halogens is 1. The van der Waals surface area contributed by atoms with Gasteiger partial charge in [0.25, 0.3) is 0 Å². The first-order valence-corrected chi connectivity index (χ1v) is 14.2. The molecule has 3 unspecified atom stereocenters. The Morgan fingerprint density at radius 2 is 1.74 bits per heavy atom. The summed E-state index contributed by atoms with van der Waals surface area (Å²) in [7, 11) is 0. The number of allylic oxidation sites excluding steroid dienone is 1. The Kier molecular flexibility index (Phi) is 9.79. The standard InChI is InChI=1S/C34H49F/c1-7-13-27-21-31(28-15-10-9-11-16-28)25-34(23-27,19-8-2)20-12-14-26(3)29-17-18-30(32(35)22-29)24-33(4,5)6/h9-11,15-18,22,27,31H,3,7-8,12-14,19-21,23-25H2,1-2,4-6H3. The first-order chi connectivity index (χ1) is 16.6. The fourth-order valence-corrected chi connectivity index (χ4v) is 6.76. The van der Waals surface area contributed by atoms with Crippen LogP contribution < -0.4 is 0 Å². The molecule has 1 aliphatic rings. The summed E-state index contributed by atoms with van der Waals surface area (Å²) in [5, 5.41) is 0. The van der Waals surface area contributed by atoms with Crippen LogP contribution in [0, 0.1) is 22.6 Å². The summed E-state index contributed by atoms with van der Waals surface area (Å²) in [6.07, 6.45) is 13.3. The van der Waals surface area contributed by atoms with Crippen molar-refractivity contribution >= 4 is 5.57 Å². The molecule has 2 aromatic carbocycles. The van der Waals surface area contributed by atoms with Crippen molar-refractivity contribution in [3.8, 4) is 0 Å². The van der Waals surface area contributed by atoms with Gasteiger partial charge in [-0.1, -0.05) is 103 Å². The molecule has 1 fully saturated rings. The molecule has 3 atom stereocenters. The highest BCUT2D eigenvalue weighted by molar-refractivity contribution is 5.63. The maximum Gasteiger partial charge on any atom is 0.127 e. The lowest BCUT2D eigenvalue weighted by molar-refractivity contribution is 0.0894. The van der Waals surface area contributed by atoms with E-state index in [-0.39, 0.29) is 11.2 Å². The van der Waals surface area contributed by atoms with Crippen LogP contribution >= 0.6 is 0 Å². The fourth-order valence-electron chi connectivity index (χ4n) is 6.76. The van der Waals surface area contributed by atoms with Crippen molar-refractivity contribution in [1.29, 1.82) is 0 Å². The van der Waals surface area contributed by atoms with Crippen LogP contribution in [-0.4, -0.2) is 0 Å². The van der Waals surface area contributed by atoms with Crippen LogP contribution in [0.3, 0.4) is 0 Å². The maximum absolute atomic E-state index is 14.8. The quantitative estimate of drug-likeness (QED) is 0.302. The molecule has 35 heavy (non-hydrogen) atoms. The summed E-state index contributed by atoms with van der Waals surface area (Å²) >= 11 is 0. The maximum atomic E-state index is 14.8. The van der Waals surface area contributed by atoms with E-state index in [4.69, 9.17) is 0 Å². The lowest BCUT2D eigenvalue weighted by atomic mass is 9.59. The Balaban J connectivity index is 1.68. The number of benzene rings is 2. The minimum atomic E-state index is -0.0820. The molecule has 0 bridgehead atoms. The van der Waals surface area contributed by atoms with Crippen LogP contribution in [-0.2, 0) is 6.42 Å². The zero-order valence-electron chi connectivity index (χ0n) is 23.1. The van der Waals surface area contributed by atoms with E-state index < -0.39 is 0 Å². The topological polar surface area (TPSA) is 0 Å². The number of rotatable bonds is 11. The van der Waals surface area contributed by atoms with Gasteiger partial charge in [0.2, 0.25) is 0 Å². The van der Waals surface area contributed by atoms with Crippen LogP contribution in [0.15, 0.2) is 55.1 Å². The van der Waals surface area contributed by atoms with Gasteiger partial charge in [-0.2, -0.15) is 0 Å². The first-order valence-electron chi connectivity index (χ1n) is 14.2. The molecule has 192 valence electrons. The van der Waals surface area contributed by atoms with E-state index in [1.165, 1.54) is 56.9 Å². The van der Waals surface area contributed by atoms with Gasteiger partial charge in [-0.3, -0.25) is 0 Å². The predicted molar refractivity (Wildman–Crippen MR) is 151 cm³/mol. The second-order valence-corrected chi connectivity index (χ2v) is 12.7. The second-order valence-electron chi connectivity index (χ2n) is 12.7. The van der Waals surface area contributed by atoms with Gasteiger partial charge >= 0.3 is 0 Å². The molecular weight excluding hydrogens is 427 g/mol. The van der Waals surface area contributed by atoms with Gasteiger partial charge in [-0.15, -0.1) is 0 Å². The van der Waals surface area contributed by atoms with E-state index in [0.717, 1.165) is 41.9 Å². The lowest BCUT2D eigenvalue weighted by Crippen LogP contribution is -2.33. The summed E-state index contributed by atoms with van der Waals surface area (Å²) in [4.78, 5) is 0. The van der Waals surface area contributed by atoms with E-state index in [1.807, 2.05) is 6.07 Å². The van der Waals surface area contributed by atoms with Crippen molar-refractivity contribution in [2.45, 2.75) is 111 Å². The molecule has 0 N–H and O–H groups in total. The molecule has 2 aromatic rings.